The van der Waals surface area contributed by atoms with Crippen LogP contribution in [0, 0.1) is 22.7 Å². The molecule has 0 saturated heterocycles. The van der Waals surface area contributed by atoms with E-state index in [1.165, 1.54) is 19.3 Å². The van der Waals surface area contributed by atoms with Gasteiger partial charge in [-0.1, -0.05) is 6.92 Å². The molecule has 112 valence electrons. The van der Waals surface area contributed by atoms with Crippen LogP contribution in [-0.4, -0.2) is 10.9 Å². The minimum Gasteiger partial charge on any atom is -0.309 e. The molecular formula is C17H21BrN2O. The molecule has 1 aromatic rings. The number of carbonyl (C=O) groups excluding carboxylic acids is 1. The van der Waals surface area contributed by atoms with Gasteiger partial charge in [0.25, 0.3) is 0 Å². The smallest absolute Gasteiger partial charge is 0.231 e. The second-order valence-electron chi connectivity index (χ2n) is 7.84. The molecule has 21 heavy (non-hydrogen) atoms. The standard InChI is InChI=1S/C17H21BrN2O/c1-16-6-11-5-12(7-16)9-17(8-11,10-16)15(21)20-14-13(18)3-2-4-19-14/h2-4,11-12H,5-10H2,1H3,(H,19,20,21). The SMILES string of the molecule is CC12CC3CC(C1)CC(C(=O)Nc1ncccc1Br)(C3)C2. The summed E-state index contributed by atoms with van der Waals surface area (Å²) in [4.78, 5) is 17.3. The molecule has 4 saturated carbocycles. The van der Waals surface area contributed by atoms with Crippen molar-refractivity contribution in [2.45, 2.75) is 45.4 Å². The van der Waals surface area contributed by atoms with Crippen molar-refractivity contribution in [2.75, 3.05) is 5.32 Å². The van der Waals surface area contributed by atoms with Crippen LogP contribution in [0.1, 0.15) is 45.4 Å². The lowest BCUT2D eigenvalue weighted by atomic mass is 9.44. The van der Waals surface area contributed by atoms with Gasteiger partial charge in [0.05, 0.1) is 9.89 Å². The van der Waals surface area contributed by atoms with E-state index in [4.69, 9.17) is 0 Å². The molecule has 1 amide bonds. The summed E-state index contributed by atoms with van der Waals surface area (Å²) in [6, 6.07) is 3.79. The van der Waals surface area contributed by atoms with Crippen LogP contribution in [0.4, 0.5) is 5.82 Å². The van der Waals surface area contributed by atoms with Crippen molar-refractivity contribution in [3.05, 3.63) is 22.8 Å². The van der Waals surface area contributed by atoms with E-state index in [0.29, 0.717) is 11.2 Å². The van der Waals surface area contributed by atoms with E-state index in [9.17, 15) is 4.79 Å². The van der Waals surface area contributed by atoms with Crippen LogP contribution >= 0.6 is 15.9 Å². The van der Waals surface area contributed by atoms with E-state index in [1.807, 2.05) is 12.1 Å². The first kappa shape index (κ1) is 13.7. The molecular weight excluding hydrogens is 328 g/mol. The van der Waals surface area contributed by atoms with Crippen molar-refractivity contribution < 1.29 is 4.79 Å². The van der Waals surface area contributed by atoms with Gasteiger partial charge in [-0.25, -0.2) is 4.98 Å². The van der Waals surface area contributed by atoms with Gasteiger partial charge < -0.3 is 5.32 Å². The highest BCUT2D eigenvalue weighted by Gasteiger charge is 2.58. The zero-order valence-corrected chi connectivity index (χ0v) is 13.9. The number of pyridine rings is 1. The molecule has 3 nitrogen and oxygen atoms in total. The van der Waals surface area contributed by atoms with Crippen molar-refractivity contribution in [1.29, 1.82) is 0 Å². The summed E-state index contributed by atoms with van der Waals surface area (Å²) in [7, 11) is 0. The first-order chi connectivity index (χ1) is 9.98. The molecule has 4 heteroatoms. The molecule has 4 aliphatic carbocycles. The van der Waals surface area contributed by atoms with Gasteiger partial charge in [-0.05, 0) is 83.8 Å². The Morgan fingerprint density at radius 1 is 1.33 bits per heavy atom. The quantitative estimate of drug-likeness (QED) is 0.860. The van der Waals surface area contributed by atoms with E-state index in [2.05, 4.69) is 33.2 Å². The van der Waals surface area contributed by atoms with Gasteiger partial charge in [-0.3, -0.25) is 4.79 Å². The number of rotatable bonds is 2. The van der Waals surface area contributed by atoms with E-state index in [-0.39, 0.29) is 11.3 Å². The van der Waals surface area contributed by atoms with E-state index in [0.717, 1.165) is 35.6 Å². The van der Waals surface area contributed by atoms with Crippen LogP contribution in [-0.2, 0) is 4.79 Å². The highest BCUT2D eigenvalue weighted by Crippen LogP contribution is 2.65. The second kappa shape index (κ2) is 4.55. The summed E-state index contributed by atoms with van der Waals surface area (Å²) >= 11 is 3.47. The summed E-state index contributed by atoms with van der Waals surface area (Å²) in [5, 5.41) is 3.09. The molecule has 1 N–H and O–H groups in total. The number of nitrogens with zero attached hydrogens (tertiary/aromatic N) is 1. The Morgan fingerprint density at radius 2 is 2.05 bits per heavy atom. The van der Waals surface area contributed by atoms with Gasteiger partial charge in [0, 0.05) is 6.20 Å². The zero-order valence-electron chi connectivity index (χ0n) is 12.4. The number of carbonyl (C=O) groups is 1. The number of halogens is 1. The fourth-order valence-corrected chi connectivity index (χ4v) is 6.06. The van der Waals surface area contributed by atoms with Crippen molar-refractivity contribution in [3.63, 3.8) is 0 Å². The lowest BCUT2D eigenvalue weighted by molar-refractivity contribution is -0.149. The molecule has 5 rings (SSSR count). The van der Waals surface area contributed by atoms with Gasteiger partial charge in [0.1, 0.15) is 5.82 Å². The number of hydrogen-bond donors (Lipinski definition) is 1. The van der Waals surface area contributed by atoms with Crippen LogP contribution in [0.5, 0.6) is 0 Å². The number of hydrogen-bond acceptors (Lipinski definition) is 2. The van der Waals surface area contributed by atoms with Crippen LogP contribution in [0.15, 0.2) is 22.8 Å². The molecule has 0 aromatic carbocycles. The Hall–Kier alpha value is -0.900. The molecule has 1 aromatic heterocycles. The summed E-state index contributed by atoms with van der Waals surface area (Å²) < 4.78 is 0.856. The summed E-state index contributed by atoms with van der Waals surface area (Å²) in [6.07, 6.45) is 8.94. The Balaban J connectivity index is 1.61. The second-order valence-corrected chi connectivity index (χ2v) is 8.69. The number of amides is 1. The monoisotopic (exact) mass is 348 g/mol. The molecule has 2 atom stereocenters. The lowest BCUT2D eigenvalue weighted by Gasteiger charge is -2.60. The zero-order chi connectivity index (χ0) is 14.7. The van der Waals surface area contributed by atoms with Crippen LogP contribution in [0.2, 0.25) is 0 Å². The molecule has 1 heterocycles. The van der Waals surface area contributed by atoms with Gasteiger partial charge in [-0.15, -0.1) is 0 Å². The summed E-state index contributed by atoms with van der Waals surface area (Å²) in [5.74, 6) is 2.37. The topological polar surface area (TPSA) is 42.0 Å². The highest BCUT2D eigenvalue weighted by molar-refractivity contribution is 9.10. The molecule has 0 radical (unpaired) electrons. The Labute approximate surface area is 134 Å². The van der Waals surface area contributed by atoms with Gasteiger partial charge in [0.2, 0.25) is 5.91 Å². The third-order valence-electron chi connectivity index (χ3n) is 5.83. The maximum absolute atomic E-state index is 13.0. The highest BCUT2D eigenvalue weighted by atomic mass is 79.9. The summed E-state index contributed by atoms with van der Waals surface area (Å²) in [5.41, 5.74) is 0.249. The van der Waals surface area contributed by atoms with Crippen molar-refractivity contribution >= 4 is 27.7 Å². The minimum atomic E-state index is -0.143. The van der Waals surface area contributed by atoms with Crippen molar-refractivity contribution in [2.24, 2.45) is 22.7 Å². The molecule has 4 fully saturated rings. The predicted octanol–water partition coefficient (Wildman–Crippen LogP) is 4.39. The molecule has 4 bridgehead atoms. The summed E-state index contributed by atoms with van der Waals surface area (Å²) in [6.45, 7) is 2.39. The number of aromatic nitrogens is 1. The maximum atomic E-state index is 13.0. The van der Waals surface area contributed by atoms with E-state index >= 15 is 0 Å². The normalized spacial score (nSPS) is 40.3. The number of nitrogens with one attached hydrogen (secondary N) is 1. The van der Waals surface area contributed by atoms with Crippen LogP contribution in [0.25, 0.3) is 0 Å². The lowest BCUT2D eigenvalue weighted by Crippen LogP contribution is -2.55. The Kier molecular flexibility index (Phi) is 2.97. The van der Waals surface area contributed by atoms with E-state index in [1.54, 1.807) is 6.20 Å². The minimum absolute atomic E-state index is 0.143. The first-order valence-electron chi connectivity index (χ1n) is 7.90. The molecule has 4 aliphatic rings. The largest absolute Gasteiger partial charge is 0.309 e. The third-order valence-corrected chi connectivity index (χ3v) is 6.47. The Morgan fingerprint density at radius 3 is 2.67 bits per heavy atom. The average molecular weight is 349 g/mol. The molecule has 0 aliphatic heterocycles. The first-order valence-corrected chi connectivity index (χ1v) is 8.69. The fraction of sp³-hybridized carbons (Fsp3) is 0.647. The van der Waals surface area contributed by atoms with Crippen molar-refractivity contribution in [1.82, 2.24) is 4.98 Å². The van der Waals surface area contributed by atoms with Gasteiger partial charge in [0.15, 0.2) is 0 Å². The Bertz CT molecular complexity index is 586. The van der Waals surface area contributed by atoms with Crippen LogP contribution in [0.3, 0.4) is 0 Å². The average Bonchev–Trinajstić information content (AvgIpc) is 2.38. The number of anilines is 1. The van der Waals surface area contributed by atoms with Gasteiger partial charge in [-0.2, -0.15) is 0 Å². The predicted molar refractivity (Wildman–Crippen MR) is 85.8 cm³/mol. The molecule has 2 unspecified atom stereocenters. The molecule has 0 spiro atoms. The maximum Gasteiger partial charge on any atom is 0.231 e. The fourth-order valence-electron chi connectivity index (χ4n) is 5.70. The van der Waals surface area contributed by atoms with Crippen LogP contribution < -0.4 is 5.32 Å². The third kappa shape index (κ3) is 2.23. The van der Waals surface area contributed by atoms with E-state index < -0.39 is 0 Å². The van der Waals surface area contributed by atoms with Crippen molar-refractivity contribution in [3.8, 4) is 0 Å². The van der Waals surface area contributed by atoms with Gasteiger partial charge >= 0.3 is 0 Å².